The van der Waals surface area contributed by atoms with Crippen molar-refractivity contribution in [3.63, 3.8) is 0 Å². The zero-order valence-electron chi connectivity index (χ0n) is 8.10. The molecule has 1 aromatic heterocycles. The molecule has 0 unspecified atom stereocenters. The lowest BCUT2D eigenvalue weighted by Crippen LogP contribution is -2.20. The molecule has 0 aliphatic rings. The van der Waals surface area contributed by atoms with Crippen molar-refractivity contribution >= 4 is 21.1 Å². The fourth-order valence-electron chi connectivity index (χ4n) is 1.22. The smallest absolute Gasteiger partial charge is 0.220 e. The minimum absolute atomic E-state index is 0.200. The molecule has 5 nitrogen and oxygen atoms in total. The van der Waals surface area contributed by atoms with E-state index in [1.54, 1.807) is 12.1 Å². The summed E-state index contributed by atoms with van der Waals surface area (Å²) >= 11 is 0. The Hall–Kier alpha value is -1.40. The van der Waals surface area contributed by atoms with E-state index in [0.717, 1.165) is 0 Å². The van der Waals surface area contributed by atoms with Gasteiger partial charge in [0.05, 0.1) is 0 Å². The molecule has 6 heteroatoms. The highest BCUT2D eigenvalue weighted by Crippen LogP contribution is 2.15. The average Bonchev–Trinajstić information content (AvgIpc) is 2.58. The van der Waals surface area contributed by atoms with Crippen LogP contribution in [-0.4, -0.2) is 20.4 Å². The van der Waals surface area contributed by atoms with E-state index in [0.29, 0.717) is 11.1 Å². The van der Waals surface area contributed by atoms with Gasteiger partial charge in [-0.05, 0) is 19.2 Å². The molecule has 1 aromatic carbocycles. The number of sulfonamides is 1. The second-order valence-electron chi connectivity index (χ2n) is 3.04. The molecule has 15 heavy (non-hydrogen) atoms. The molecule has 0 aliphatic carbocycles. The van der Waals surface area contributed by atoms with Crippen LogP contribution in [0, 0.1) is 0 Å². The predicted molar refractivity (Wildman–Crippen MR) is 55.7 cm³/mol. The number of hydrogen-bond acceptors (Lipinski definition) is 4. The van der Waals surface area contributed by atoms with Crippen LogP contribution in [0.25, 0.3) is 11.1 Å². The predicted octanol–water partition coefficient (Wildman–Crippen LogP) is 0.877. The minimum atomic E-state index is -3.33. The van der Waals surface area contributed by atoms with Crippen LogP contribution in [0.2, 0.25) is 0 Å². The first-order chi connectivity index (χ1) is 7.11. The third kappa shape index (κ3) is 2.16. The molecule has 0 bridgehead atoms. The highest BCUT2D eigenvalue weighted by molar-refractivity contribution is 7.88. The number of nitrogens with zero attached hydrogens (tertiary/aromatic N) is 1. The maximum atomic E-state index is 11.2. The van der Waals surface area contributed by atoms with Gasteiger partial charge in [-0.3, -0.25) is 0 Å². The Bertz CT molecular complexity index is 541. The maximum Gasteiger partial charge on any atom is 0.220 e. The van der Waals surface area contributed by atoms with Crippen molar-refractivity contribution in [3.8, 4) is 0 Å². The molecule has 0 radical (unpaired) electrons. The normalized spacial score (nSPS) is 12.1. The van der Waals surface area contributed by atoms with E-state index in [1.165, 1.54) is 7.05 Å². The van der Waals surface area contributed by atoms with Gasteiger partial charge in [0.2, 0.25) is 15.9 Å². The number of hydrogen-bond donors (Lipinski definition) is 1. The van der Waals surface area contributed by atoms with Gasteiger partial charge < -0.3 is 4.42 Å². The fraction of sp³-hybridized carbons (Fsp3) is 0.222. The number of benzene rings is 1. The monoisotopic (exact) mass is 226 g/mol. The van der Waals surface area contributed by atoms with Crippen molar-refractivity contribution in [2.24, 2.45) is 0 Å². The van der Waals surface area contributed by atoms with Gasteiger partial charge in [-0.1, -0.05) is 12.1 Å². The summed E-state index contributed by atoms with van der Waals surface area (Å²) in [4.78, 5) is 4.06. The van der Waals surface area contributed by atoms with Gasteiger partial charge in [0.15, 0.2) is 5.58 Å². The standard InChI is InChI=1S/C9H10N2O3S/c1-10-15(12,13)6-9-11-7-4-2-3-5-8(7)14-9/h2-5,10H,6H2,1H3. The Morgan fingerprint density at radius 2 is 2.13 bits per heavy atom. The van der Waals surface area contributed by atoms with E-state index >= 15 is 0 Å². The molecule has 0 saturated carbocycles. The highest BCUT2D eigenvalue weighted by Gasteiger charge is 2.13. The van der Waals surface area contributed by atoms with Gasteiger partial charge >= 0.3 is 0 Å². The Morgan fingerprint density at radius 1 is 1.40 bits per heavy atom. The second kappa shape index (κ2) is 3.63. The maximum absolute atomic E-state index is 11.2. The molecule has 80 valence electrons. The largest absolute Gasteiger partial charge is 0.440 e. The summed E-state index contributed by atoms with van der Waals surface area (Å²) in [5.74, 6) is -0.0383. The fourth-order valence-corrected chi connectivity index (χ4v) is 1.81. The van der Waals surface area contributed by atoms with Crippen LogP contribution < -0.4 is 4.72 Å². The van der Waals surface area contributed by atoms with Crippen molar-refractivity contribution in [1.82, 2.24) is 9.71 Å². The summed E-state index contributed by atoms with van der Waals surface area (Å²) < 4.78 is 30.0. The van der Waals surface area contributed by atoms with Crippen LogP contribution >= 0.6 is 0 Å². The Labute approximate surface area is 87.2 Å². The second-order valence-corrected chi connectivity index (χ2v) is 4.96. The quantitative estimate of drug-likeness (QED) is 0.843. The first-order valence-corrected chi connectivity index (χ1v) is 6.01. The molecule has 1 N–H and O–H groups in total. The van der Waals surface area contributed by atoms with E-state index in [2.05, 4.69) is 9.71 Å². The molecule has 0 amide bonds. The van der Waals surface area contributed by atoms with Gasteiger partial charge in [-0.15, -0.1) is 0 Å². The molecule has 0 aliphatic heterocycles. The van der Waals surface area contributed by atoms with E-state index in [9.17, 15) is 8.42 Å². The summed E-state index contributed by atoms with van der Waals surface area (Å²) in [6, 6.07) is 7.15. The third-order valence-electron chi connectivity index (χ3n) is 1.96. The molecule has 0 spiro atoms. The van der Waals surface area contributed by atoms with Gasteiger partial charge in [0, 0.05) is 0 Å². The van der Waals surface area contributed by atoms with Gasteiger partial charge in [-0.25, -0.2) is 18.1 Å². The minimum Gasteiger partial charge on any atom is -0.440 e. The molecule has 0 saturated heterocycles. The van der Waals surface area contributed by atoms with E-state index < -0.39 is 10.0 Å². The molecule has 2 rings (SSSR count). The first kappa shape index (κ1) is 10.1. The molecular formula is C9H10N2O3S. The van der Waals surface area contributed by atoms with Crippen LogP contribution in [0.1, 0.15) is 5.89 Å². The Balaban J connectivity index is 2.38. The number of nitrogens with one attached hydrogen (secondary N) is 1. The van der Waals surface area contributed by atoms with Crippen LogP contribution in [-0.2, 0) is 15.8 Å². The van der Waals surface area contributed by atoms with Crippen LogP contribution in [0.4, 0.5) is 0 Å². The van der Waals surface area contributed by atoms with Crippen molar-refractivity contribution in [1.29, 1.82) is 0 Å². The number of fused-ring (bicyclic) bond motifs is 1. The number of oxazole rings is 1. The van der Waals surface area contributed by atoms with Crippen LogP contribution in [0.15, 0.2) is 28.7 Å². The lowest BCUT2D eigenvalue weighted by atomic mass is 10.3. The van der Waals surface area contributed by atoms with Crippen molar-refractivity contribution in [3.05, 3.63) is 30.2 Å². The van der Waals surface area contributed by atoms with Crippen molar-refractivity contribution < 1.29 is 12.8 Å². The zero-order valence-corrected chi connectivity index (χ0v) is 8.91. The lowest BCUT2D eigenvalue weighted by Gasteiger charge is -1.96. The molecule has 2 aromatic rings. The molecule has 0 fully saturated rings. The third-order valence-corrected chi connectivity index (χ3v) is 3.21. The SMILES string of the molecule is CNS(=O)(=O)Cc1nc2ccccc2o1. The summed E-state index contributed by atoms with van der Waals surface area (Å²) in [6.45, 7) is 0. The molecule has 0 atom stereocenters. The summed E-state index contributed by atoms with van der Waals surface area (Å²) in [5, 5.41) is 0. The molecular weight excluding hydrogens is 216 g/mol. The summed E-state index contributed by atoms with van der Waals surface area (Å²) in [7, 11) is -1.97. The Morgan fingerprint density at radius 3 is 2.80 bits per heavy atom. The summed E-state index contributed by atoms with van der Waals surface area (Å²) in [5.41, 5.74) is 1.26. The first-order valence-electron chi connectivity index (χ1n) is 4.36. The highest BCUT2D eigenvalue weighted by atomic mass is 32.2. The lowest BCUT2D eigenvalue weighted by molar-refractivity contribution is 0.537. The average molecular weight is 226 g/mol. The topological polar surface area (TPSA) is 72.2 Å². The van der Waals surface area contributed by atoms with E-state index in [-0.39, 0.29) is 11.6 Å². The molecule has 1 heterocycles. The van der Waals surface area contributed by atoms with Gasteiger partial charge in [0.25, 0.3) is 0 Å². The van der Waals surface area contributed by atoms with Crippen molar-refractivity contribution in [2.45, 2.75) is 5.75 Å². The van der Waals surface area contributed by atoms with Crippen molar-refractivity contribution in [2.75, 3.05) is 7.05 Å². The van der Waals surface area contributed by atoms with Gasteiger partial charge in [0.1, 0.15) is 11.3 Å². The Kier molecular flexibility index (Phi) is 2.45. The van der Waals surface area contributed by atoms with Gasteiger partial charge in [-0.2, -0.15) is 0 Å². The van der Waals surface area contributed by atoms with E-state index in [4.69, 9.17) is 4.42 Å². The number of rotatable bonds is 3. The van der Waals surface area contributed by atoms with Crippen LogP contribution in [0.5, 0.6) is 0 Å². The zero-order chi connectivity index (χ0) is 10.9. The van der Waals surface area contributed by atoms with E-state index in [1.807, 2.05) is 12.1 Å². The number of aromatic nitrogens is 1. The summed E-state index contributed by atoms with van der Waals surface area (Å²) in [6.07, 6.45) is 0. The number of para-hydroxylation sites is 2. The van der Waals surface area contributed by atoms with Crippen LogP contribution in [0.3, 0.4) is 0 Å².